The van der Waals surface area contributed by atoms with Crippen LogP contribution < -0.4 is 5.73 Å². The van der Waals surface area contributed by atoms with Crippen LogP contribution in [0.4, 0.5) is 0 Å². The van der Waals surface area contributed by atoms with E-state index >= 15 is 0 Å². The van der Waals surface area contributed by atoms with Crippen LogP contribution in [0.15, 0.2) is 24.3 Å². The Morgan fingerprint density at radius 3 is 2.38 bits per heavy atom. The minimum atomic E-state index is -0.869. The van der Waals surface area contributed by atoms with E-state index in [-0.39, 0.29) is 6.42 Å². The van der Waals surface area contributed by atoms with Crippen LogP contribution in [0.25, 0.3) is 0 Å². The Bertz CT molecular complexity index is 687. The Morgan fingerprint density at radius 2 is 1.86 bits per heavy atom. The van der Waals surface area contributed by atoms with Crippen LogP contribution in [-0.4, -0.2) is 26.8 Å². The Hall–Kier alpha value is -2.63. The number of hydrogen-bond acceptors (Lipinski definition) is 3. The minimum Gasteiger partial charge on any atom is -0.481 e. The van der Waals surface area contributed by atoms with Gasteiger partial charge >= 0.3 is 5.97 Å². The molecular formula is C15H17N3O3. The quantitative estimate of drug-likeness (QED) is 0.865. The molecule has 0 aliphatic heterocycles. The lowest BCUT2D eigenvalue weighted by molar-refractivity contribution is -0.136. The molecule has 1 aromatic carbocycles. The molecule has 0 saturated heterocycles. The van der Waals surface area contributed by atoms with Crippen molar-refractivity contribution in [3.8, 4) is 0 Å². The van der Waals surface area contributed by atoms with Gasteiger partial charge in [0.15, 0.2) is 0 Å². The molecule has 2 rings (SSSR count). The average molecular weight is 287 g/mol. The highest BCUT2D eigenvalue weighted by molar-refractivity contribution is 5.92. The van der Waals surface area contributed by atoms with Crippen molar-refractivity contribution in [1.29, 1.82) is 0 Å². The van der Waals surface area contributed by atoms with Crippen molar-refractivity contribution in [3.63, 3.8) is 0 Å². The van der Waals surface area contributed by atoms with Gasteiger partial charge in [-0.25, -0.2) is 0 Å². The molecule has 1 amide bonds. The molecule has 0 fully saturated rings. The Balaban J connectivity index is 2.23. The molecule has 6 heteroatoms. The number of carbonyl (C=O) groups is 2. The number of nitrogens with two attached hydrogens (primary N) is 1. The number of benzene rings is 1. The summed E-state index contributed by atoms with van der Waals surface area (Å²) in [7, 11) is 0. The van der Waals surface area contributed by atoms with E-state index in [1.807, 2.05) is 19.1 Å². The van der Waals surface area contributed by atoms with Crippen LogP contribution in [-0.2, 0) is 17.8 Å². The fourth-order valence-electron chi connectivity index (χ4n) is 2.24. The second-order valence-corrected chi connectivity index (χ2v) is 4.94. The standard InChI is InChI=1S/C15H17N3O3/c1-9-13(7-14(19)20)10(2)18(17-9)8-11-3-5-12(6-4-11)15(16)21/h3-6H,7-8H2,1-2H3,(H2,16,21)(H,19,20). The lowest BCUT2D eigenvalue weighted by Crippen LogP contribution is -2.11. The molecule has 0 aliphatic rings. The van der Waals surface area contributed by atoms with E-state index in [0.717, 1.165) is 22.5 Å². The van der Waals surface area contributed by atoms with E-state index in [0.29, 0.717) is 12.1 Å². The number of carboxylic acid groups (broad SMARTS) is 1. The molecule has 110 valence electrons. The van der Waals surface area contributed by atoms with Crippen molar-refractivity contribution < 1.29 is 14.7 Å². The Kier molecular flexibility index (Phi) is 4.07. The minimum absolute atomic E-state index is 0.0295. The van der Waals surface area contributed by atoms with E-state index in [4.69, 9.17) is 10.8 Å². The Morgan fingerprint density at radius 1 is 1.24 bits per heavy atom. The van der Waals surface area contributed by atoms with Gasteiger partial charge in [0.05, 0.1) is 18.7 Å². The highest BCUT2D eigenvalue weighted by Gasteiger charge is 2.14. The molecule has 0 radical (unpaired) electrons. The third-order valence-corrected chi connectivity index (χ3v) is 3.43. The zero-order chi connectivity index (χ0) is 15.6. The lowest BCUT2D eigenvalue weighted by Gasteiger charge is -2.06. The number of nitrogens with zero attached hydrogens (tertiary/aromatic N) is 2. The summed E-state index contributed by atoms with van der Waals surface area (Å²) >= 11 is 0. The molecule has 21 heavy (non-hydrogen) atoms. The van der Waals surface area contributed by atoms with Crippen molar-refractivity contribution in [2.45, 2.75) is 26.8 Å². The molecule has 1 heterocycles. The highest BCUT2D eigenvalue weighted by atomic mass is 16.4. The van der Waals surface area contributed by atoms with Gasteiger partial charge < -0.3 is 10.8 Å². The van der Waals surface area contributed by atoms with E-state index < -0.39 is 11.9 Å². The third kappa shape index (κ3) is 3.28. The van der Waals surface area contributed by atoms with E-state index in [1.54, 1.807) is 23.7 Å². The number of primary amides is 1. The maximum atomic E-state index is 11.0. The largest absolute Gasteiger partial charge is 0.481 e. The predicted molar refractivity (Wildman–Crippen MR) is 77.1 cm³/mol. The fourth-order valence-corrected chi connectivity index (χ4v) is 2.24. The normalized spacial score (nSPS) is 10.6. The summed E-state index contributed by atoms with van der Waals surface area (Å²) in [6, 6.07) is 6.96. The van der Waals surface area contributed by atoms with Crippen LogP contribution in [0.5, 0.6) is 0 Å². The SMILES string of the molecule is Cc1nn(Cc2ccc(C(N)=O)cc2)c(C)c1CC(=O)O. The summed E-state index contributed by atoms with van der Waals surface area (Å²) in [5.74, 6) is -1.33. The molecular weight excluding hydrogens is 270 g/mol. The summed E-state index contributed by atoms with van der Waals surface area (Å²) < 4.78 is 1.77. The summed E-state index contributed by atoms with van der Waals surface area (Å²) in [6.07, 6.45) is -0.0295. The van der Waals surface area contributed by atoms with Gasteiger partial charge in [0.25, 0.3) is 0 Å². The van der Waals surface area contributed by atoms with Gasteiger partial charge in [-0.2, -0.15) is 5.10 Å². The summed E-state index contributed by atoms with van der Waals surface area (Å²) in [5, 5.41) is 13.3. The average Bonchev–Trinajstić information content (AvgIpc) is 2.67. The Labute approximate surface area is 122 Å². The van der Waals surface area contributed by atoms with Gasteiger partial charge in [-0.05, 0) is 31.5 Å². The van der Waals surface area contributed by atoms with Crippen LogP contribution in [0.1, 0.15) is 32.9 Å². The number of aliphatic carboxylic acids is 1. The molecule has 0 aliphatic carbocycles. The van der Waals surface area contributed by atoms with Gasteiger partial charge in [0.2, 0.25) is 5.91 Å². The fraction of sp³-hybridized carbons (Fsp3) is 0.267. The monoisotopic (exact) mass is 287 g/mol. The number of rotatable bonds is 5. The number of aromatic nitrogens is 2. The van der Waals surface area contributed by atoms with Crippen molar-refractivity contribution in [1.82, 2.24) is 9.78 Å². The third-order valence-electron chi connectivity index (χ3n) is 3.43. The second kappa shape index (κ2) is 5.78. The second-order valence-electron chi connectivity index (χ2n) is 4.94. The van der Waals surface area contributed by atoms with Crippen molar-refractivity contribution in [2.75, 3.05) is 0 Å². The van der Waals surface area contributed by atoms with Crippen molar-refractivity contribution >= 4 is 11.9 Å². The van der Waals surface area contributed by atoms with Crippen molar-refractivity contribution in [3.05, 3.63) is 52.3 Å². The van der Waals surface area contributed by atoms with Gasteiger partial charge in [-0.1, -0.05) is 12.1 Å². The molecule has 6 nitrogen and oxygen atoms in total. The predicted octanol–water partition coefficient (Wildman–Crippen LogP) is 1.27. The van der Waals surface area contributed by atoms with Crippen LogP contribution in [0, 0.1) is 13.8 Å². The number of aryl methyl sites for hydroxylation is 1. The van der Waals surface area contributed by atoms with E-state index in [1.165, 1.54) is 0 Å². The van der Waals surface area contributed by atoms with Crippen molar-refractivity contribution in [2.24, 2.45) is 5.73 Å². The molecule has 0 saturated carbocycles. The van der Waals surface area contributed by atoms with Gasteiger partial charge in [0, 0.05) is 16.8 Å². The van der Waals surface area contributed by atoms with Gasteiger partial charge in [0.1, 0.15) is 0 Å². The smallest absolute Gasteiger partial charge is 0.307 e. The number of carbonyl (C=O) groups excluding carboxylic acids is 1. The molecule has 0 bridgehead atoms. The molecule has 3 N–H and O–H groups in total. The zero-order valence-electron chi connectivity index (χ0n) is 12.0. The summed E-state index contributed by atoms with van der Waals surface area (Å²) in [4.78, 5) is 21.9. The van der Waals surface area contributed by atoms with Gasteiger partial charge in [-0.3, -0.25) is 14.3 Å². The molecule has 0 spiro atoms. The number of amides is 1. The van der Waals surface area contributed by atoms with Gasteiger partial charge in [-0.15, -0.1) is 0 Å². The summed E-state index contributed by atoms with van der Waals surface area (Å²) in [5.41, 5.74) is 8.93. The molecule has 1 aromatic heterocycles. The van der Waals surface area contributed by atoms with Crippen LogP contribution >= 0.6 is 0 Å². The highest BCUT2D eigenvalue weighted by Crippen LogP contribution is 2.16. The number of carboxylic acids is 1. The molecule has 2 aromatic rings. The first-order valence-corrected chi connectivity index (χ1v) is 6.52. The van der Waals surface area contributed by atoms with E-state index in [2.05, 4.69) is 5.10 Å². The molecule has 0 unspecified atom stereocenters. The maximum absolute atomic E-state index is 11.0. The topological polar surface area (TPSA) is 98.2 Å². The van der Waals surface area contributed by atoms with Crippen LogP contribution in [0.3, 0.4) is 0 Å². The zero-order valence-corrected chi connectivity index (χ0v) is 12.0. The van der Waals surface area contributed by atoms with Crippen LogP contribution in [0.2, 0.25) is 0 Å². The first-order valence-electron chi connectivity index (χ1n) is 6.52. The number of hydrogen-bond donors (Lipinski definition) is 2. The first kappa shape index (κ1) is 14.8. The van der Waals surface area contributed by atoms with E-state index in [9.17, 15) is 9.59 Å². The molecule has 0 atom stereocenters. The first-order chi connectivity index (χ1) is 9.88. The maximum Gasteiger partial charge on any atom is 0.307 e. The summed E-state index contributed by atoms with van der Waals surface area (Å²) in [6.45, 7) is 4.18. The lowest BCUT2D eigenvalue weighted by atomic mass is 10.1.